The molecule has 6 saturated heterocycles. The van der Waals surface area contributed by atoms with Gasteiger partial charge in [0, 0.05) is 62.0 Å². The number of hydrogen-bond acceptors (Lipinski definition) is 43. The van der Waals surface area contributed by atoms with Crippen LogP contribution in [0, 0.1) is 13.8 Å². The Bertz CT molecular complexity index is 6620. The van der Waals surface area contributed by atoms with Crippen molar-refractivity contribution in [3.05, 3.63) is 132 Å². The van der Waals surface area contributed by atoms with Crippen molar-refractivity contribution in [3.63, 3.8) is 0 Å². The molecule has 6 aliphatic heterocycles. The fraction of sp³-hybridized carbons (Fsp3) is 0.533. The highest BCUT2D eigenvalue weighted by Gasteiger charge is 2.50. The van der Waals surface area contributed by atoms with Crippen molar-refractivity contribution in [1.29, 1.82) is 0 Å². The van der Waals surface area contributed by atoms with Crippen molar-refractivity contribution in [2.75, 3.05) is 62.6 Å². The standard InChI is InChI=1S/C60H75N24O31P5S5/c1-21-9-79(59(93)77-49(21)87)36-4-24(29(11-85)105-36)111-117(96,122)101-13-31-25(5-37(107-31)80-10-22(2)50(88)78-60(80)94)112-118(97,123)102-15-33-27(7-39(109-33)83-19-67-43-47(83)71-57(63)75-53(43)91)114-120(99,125)104-16-34-28(8-40(110-34)84-20-68-44-48(84)72-58(64)76-54(44)92)115-119(98,124)103-14-32-26(6-38(108-32)82-18-66-42-46(82)70-56(62)74-52(42)90)113-116(95,121)100-12-30-23(86)3-35(106-30)81-17-65-41-45(81)69-55(61)73-51(41)89/h9-10,17-20,23-40,85-86H,3-8,11-16H2,1-2H3,(H,95,121)(H,96,122)(H,97,123)(H,98,124)(H,99,125)(H,77,87,93)(H,78,88,94)(H3,61,69,73,89)(H3,62,70,74,90)(H3,63,71,75,91)(H3,64,72,76,92). The van der Waals surface area contributed by atoms with Crippen LogP contribution in [0.25, 0.3) is 44.7 Å². The Morgan fingerprint density at radius 3 is 0.872 bits per heavy atom. The van der Waals surface area contributed by atoms with Gasteiger partial charge in [0.05, 0.1) is 102 Å². The first-order valence-electron chi connectivity index (χ1n) is 37.1. The maximum Gasteiger partial charge on any atom is 0.330 e. The maximum absolute atomic E-state index is 13.3. The van der Waals surface area contributed by atoms with E-state index in [-0.39, 0.29) is 118 Å². The van der Waals surface area contributed by atoms with Gasteiger partial charge >= 0.3 is 45.0 Å². The summed E-state index contributed by atoms with van der Waals surface area (Å²) >= 11 is 27.9. The van der Waals surface area contributed by atoms with Crippen molar-refractivity contribution < 1.29 is 108 Å². The molecule has 16 rings (SSSR count). The third-order valence-corrected chi connectivity index (χ3v) is 28.5. The van der Waals surface area contributed by atoms with Crippen molar-refractivity contribution in [1.82, 2.24) is 97.2 Å². The molecule has 6 fully saturated rings. The number of hydrogen-bond donors (Lipinski definition) is 17. The summed E-state index contributed by atoms with van der Waals surface area (Å²) < 4.78 is 105. The third-order valence-electron chi connectivity index (χ3n) is 20.6. The fourth-order valence-corrected chi connectivity index (χ4v) is 22.1. The molecule has 0 spiro atoms. The molecule has 0 bridgehead atoms. The summed E-state index contributed by atoms with van der Waals surface area (Å²) in [6.45, 7) is -24.4. The first-order chi connectivity index (χ1) is 59.1. The molecule has 0 aliphatic carbocycles. The molecule has 125 heavy (non-hydrogen) atoms. The van der Waals surface area contributed by atoms with E-state index in [1.807, 2.05) is 0 Å². The number of nitrogens with one attached hydrogen (secondary N) is 6. The van der Waals surface area contributed by atoms with E-state index >= 15 is 0 Å². The number of aryl methyl sites for hydroxylation is 2. The van der Waals surface area contributed by atoms with Gasteiger partial charge in [-0.15, -0.1) is 0 Å². The van der Waals surface area contributed by atoms with Crippen LogP contribution < -0.4 is 67.7 Å². The molecule has 16 heterocycles. The van der Waals surface area contributed by atoms with Crippen LogP contribution in [0.3, 0.4) is 0 Å². The zero-order chi connectivity index (χ0) is 89.0. The first kappa shape index (κ1) is 90.6. The van der Waals surface area contributed by atoms with Crippen molar-refractivity contribution in [2.24, 2.45) is 0 Å². The van der Waals surface area contributed by atoms with E-state index in [0.717, 1.165) is 9.13 Å². The van der Waals surface area contributed by atoms with E-state index in [0.29, 0.717) is 0 Å². The smallest absolute Gasteiger partial charge is 0.330 e. The molecule has 6 aliphatic rings. The predicted octanol–water partition coefficient (Wildman–Crippen LogP) is -3.26. The van der Waals surface area contributed by atoms with Gasteiger partial charge in [-0.2, -0.15) is 19.9 Å². The Balaban J connectivity index is 0.620. The number of fused-ring (bicyclic) bond motifs is 4. The number of aliphatic hydroxyl groups is 2. The molecule has 21 N–H and O–H groups in total. The topological polar surface area (TPSA) is 757 Å². The number of nitrogens with zero attached hydrogens (tertiary/aromatic N) is 14. The minimum Gasteiger partial charge on any atom is -0.394 e. The van der Waals surface area contributed by atoms with Crippen LogP contribution >= 0.6 is 33.6 Å². The number of aliphatic hydroxyl groups excluding tert-OH is 2. The molecule has 10 aromatic heterocycles. The summed E-state index contributed by atoms with van der Waals surface area (Å²) in [5.74, 6) is -1.13. The molecule has 0 radical (unpaired) electrons. The number of aromatic nitrogens is 20. The molecular weight excluding hydrogens is 1870 g/mol. The van der Waals surface area contributed by atoms with E-state index < -0.39 is 229 Å². The Labute approximate surface area is 720 Å². The van der Waals surface area contributed by atoms with Crippen molar-refractivity contribution in [2.45, 2.75) is 163 Å². The molecule has 55 nitrogen and oxygen atoms in total. The van der Waals surface area contributed by atoms with Gasteiger partial charge in [0.25, 0.3) is 33.4 Å². The Kier molecular flexibility index (Phi) is 25.8. The summed E-state index contributed by atoms with van der Waals surface area (Å²) in [7, 11) is 0. The van der Waals surface area contributed by atoms with Crippen LogP contribution in [0.15, 0.2) is 76.1 Å². The van der Waals surface area contributed by atoms with Crippen molar-refractivity contribution >= 4 is 161 Å². The average Bonchev–Trinajstić information content (AvgIpc) is 1.63. The summed E-state index contributed by atoms with van der Waals surface area (Å²) in [4.78, 5) is 209. The molecule has 676 valence electrons. The van der Waals surface area contributed by atoms with Crippen LogP contribution in [0.5, 0.6) is 0 Å². The minimum absolute atomic E-state index is 0.0482. The second-order valence-electron chi connectivity index (χ2n) is 29.0. The van der Waals surface area contributed by atoms with Gasteiger partial charge in [0.2, 0.25) is 23.8 Å². The number of imidazole rings is 4. The van der Waals surface area contributed by atoms with E-state index in [1.54, 1.807) is 0 Å². The molecule has 0 amide bonds. The number of ether oxygens (including phenoxy) is 6. The highest BCUT2D eigenvalue weighted by Crippen LogP contribution is 2.57. The average molecular weight is 1940 g/mol. The third kappa shape index (κ3) is 19.8. The molecule has 0 aromatic carbocycles. The zero-order valence-corrected chi connectivity index (χ0v) is 72.7. The number of rotatable bonds is 32. The van der Waals surface area contributed by atoms with E-state index in [9.17, 15) is 73.0 Å². The van der Waals surface area contributed by atoms with Gasteiger partial charge in [0.15, 0.2) is 44.7 Å². The number of nitrogens with two attached hydrogens (primary N) is 4. The van der Waals surface area contributed by atoms with Crippen LogP contribution in [-0.4, -0.2) is 245 Å². The van der Waals surface area contributed by atoms with Gasteiger partial charge < -0.3 is 131 Å². The largest absolute Gasteiger partial charge is 0.394 e. The molecule has 65 heteroatoms. The quantitative estimate of drug-likeness (QED) is 0.0184. The van der Waals surface area contributed by atoms with Crippen LogP contribution in [0.2, 0.25) is 0 Å². The van der Waals surface area contributed by atoms with Crippen molar-refractivity contribution in [3.8, 4) is 0 Å². The Morgan fingerprint density at radius 2 is 0.600 bits per heavy atom. The van der Waals surface area contributed by atoms with Crippen LogP contribution in [0.1, 0.15) is 87.0 Å². The summed E-state index contributed by atoms with van der Waals surface area (Å²) in [6.07, 6.45) is -17.4. The number of nitrogen functional groups attached to an aromatic ring is 4. The lowest BCUT2D eigenvalue weighted by Crippen LogP contribution is -2.33. The molecule has 10 aromatic rings. The van der Waals surface area contributed by atoms with Crippen LogP contribution in [-0.2, 0) is 133 Å². The Hall–Kier alpha value is -7.71. The lowest BCUT2D eigenvalue weighted by atomic mass is 10.2. The lowest BCUT2D eigenvalue weighted by Gasteiger charge is -2.28. The van der Waals surface area contributed by atoms with E-state index in [4.69, 9.17) is 156 Å². The van der Waals surface area contributed by atoms with Gasteiger partial charge in [-0.05, 0) is 72.9 Å². The lowest BCUT2D eigenvalue weighted by molar-refractivity contribution is -0.0569. The van der Waals surface area contributed by atoms with Gasteiger partial charge in [-0.3, -0.25) is 86.1 Å². The molecular formula is C60H75N24O31P5S5. The molecule has 23 unspecified atom stereocenters. The zero-order valence-electron chi connectivity index (χ0n) is 64.1. The summed E-state index contributed by atoms with van der Waals surface area (Å²) in [5, 5.41) is 21.4. The monoisotopic (exact) mass is 1940 g/mol. The molecule has 23 atom stereocenters. The number of aromatic amines is 6. The van der Waals surface area contributed by atoms with Crippen LogP contribution in [0.4, 0.5) is 23.8 Å². The van der Waals surface area contributed by atoms with Gasteiger partial charge in [0.1, 0.15) is 74.0 Å². The second kappa shape index (κ2) is 35.6. The fourth-order valence-electron chi connectivity index (χ4n) is 14.8. The normalized spacial score (nSPS) is 29.0. The summed E-state index contributed by atoms with van der Waals surface area (Å²) in [5.41, 5.74) is 17.2. The number of anilines is 4. The molecule has 0 saturated carbocycles. The number of H-pyrrole nitrogens is 6. The van der Waals surface area contributed by atoms with Gasteiger partial charge in [-0.1, -0.05) is 0 Å². The predicted molar refractivity (Wildman–Crippen MR) is 443 cm³/mol. The maximum atomic E-state index is 13.3. The summed E-state index contributed by atoms with van der Waals surface area (Å²) in [6, 6.07) is 0. The highest BCUT2D eigenvalue weighted by atomic mass is 32.5. The first-order valence-corrected chi connectivity index (χ1v) is 50.1. The highest BCUT2D eigenvalue weighted by molar-refractivity contribution is 8.08. The SMILES string of the molecule is Cc1cn(C2CC(OP(O)(=S)OCC3OC(n4cc(C)c(=O)[nH]c4=O)CC3OP(O)(=S)OCC3OC(n4cnc5c(=O)[nH]c(N)nc54)CC3OP(O)(=S)OCC3OC(n4cnc5c(=O)[nH]c(N)nc54)CC3OP(O)(=S)OCC3OC(n4cnc5c(=O)[nH]c(N)nc54)CC3OP(O)(=S)OCC3OC(n4cnc5c(=O)[nH]c(N)nc54)CC3O)C(CO)O2)c(=O)[nH]c1=O. The second-order valence-corrected chi connectivity index (χ2v) is 43.0. The minimum atomic E-state index is -4.72. The van der Waals surface area contributed by atoms with E-state index in [2.05, 4.69) is 69.8 Å². The Morgan fingerprint density at radius 1 is 0.368 bits per heavy atom. The van der Waals surface area contributed by atoms with E-state index in [1.165, 1.54) is 69.8 Å². The van der Waals surface area contributed by atoms with Gasteiger partial charge in [-0.25, -0.2) is 29.5 Å².